The van der Waals surface area contributed by atoms with E-state index < -0.39 is 0 Å². The van der Waals surface area contributed by atoms with Gasteiger partial charge < -0.3 is 20.7 Å². The van der Waals surface area contributed by atoms with Crippen LogP contribution in [0.4, 0.5) is 5.69 Å². The lowest BCUT2D eigenvalue weighted by Crippen LogP contribution is -2.22. The molecule has 2 amide bonds. The molecule has 0 saturated carbocycles. The zero-order chi connectivity index (χ0) is 18.4. The fourth-order valence-electron chi connectivity index (χ4n) is 2.40. The van der Waals surface area contributed by atoms with Gasteiger partial charge in [-0.25, -0.2) is 0 Å². The number of benzene rings is 2. The largest absolute Gasteiger partial charge is 0.495 e. The Kier molecular flexibility index (Phi) is 8.09. The maximum Gasteiger partial charge on any atom is 0.253 e. The molecule has 0 aliphatic rings. The van der Waals surface area contributed by atoms with E-state index in [9.17, 15) is 9.59 Å². The molecule has 0 spiro atoms. The van der Waals surface area contributed by atoms with E-state index in [4.69, 9.17) is 10.5 Å². The molecule has 0 aliphatic heterocycles. The molecule has 0 aliphatic carbocycles. The lowest BCUT2D eigenvalue weighted by atomic mass is 10.0. The Morgan fingerprint density at radius 1 is 1.15 bits per heavy atom. The summed E-state index contributed by atoms with van der Waals surface area (Å²) in [5.41, 5.74) is 7.96. The minimum absolute atomic E-state index is 0. The van der Waals surface area contributed by atoms with Crippen molar-refractivity contribution < 1.29 is 14.3 Å². The number of rotatable bonds is 6. The number of hydrogen-bond acceptors (Lipinski definition) is 4. The molecular formula is C19H24ClN3O3. The Hall–Kier alpha value is -2.57. The molecular weight excluding hydrogens is 354 g/mol. The zero-order valence-corrected chi connectivity index (χ0v) is 15.9. The van der Waals surface area contributed by atoms with Crippen LogP contribution in [0.25, 0.3) is 0 Å². The molecule has 1 atom stereocenters. The first-order valence-electron chi connectivity index (χ1n) is 7.92. The number of carbonyl (C=O) groups excluding carboxylic acids is 2. The molecule has 7 heteroatoms. The van der Waals surface area contributed by atoms with Crippen LogP contribution in [0.3, 0.4) is 0 Å². The summed E-state index contributed by atoms with van der Waals surface area (Å²) in [5, 5.41) is 2.79. The second-order valence-corrected chi connectivity index (χ2v) is 5.88. The number of carbonyl (C=O) groups is 2. The van der Waals surface area contributed by atoms with Gasteiger partial charge in [0.2, 0.25) is 5.91 Å². The third-order valence-electron chi connectivity index (χ3n) is 3.76. The molecule has 26 heavy (non-hydrogen) atoms. The zero-order valence-electron chi connectivity index (χ0n) is 15.1. The number of nitrogens with one attached hydrogen (secondary N) is 1. The van der Waals surface area contributed by atoms with E-state index >= 15 is 0 Å². The Morgan fingerprint density at radius 2 is 1.81 bits per heavy atom. The van der Waals surface area contributed by atoms with E-state index in [1.54, 1.807) is 32.3 Å². The quantitative estimate of drug-likeness (QED) is 0.810. The molecule has 0 aromatic heterocycles. The van der Waals surface area contributed by atoms with E-state index in [0.717, 1.165) is 5.56 Å². The Morgan fingerprint density at radius 3 is 2.38 bits per heavy atom. The van der Waals surface area contributed by atoms with Crippen molar-refractivity contribution in [3.63, 3.8) is 0 Å². The van der Waals surface area contributed by atoms with Crippen molar-refractivity contribution in [2.75, 3.05) is 26.5 Å². The fourth-order valence-corrected chi connectivity index (χ4v) is 2.40. The molecule has 2 aromatic carbocycles. The molecule has 2 aromatic rings. The van der Waals surface area contributed by atoms with Crippen LogP contribution in [0.1, 0.15) is 28.4 Å². The van der Waals surface area contributed by atoms with Crippen LogP contribution in [-0.2, 0) is 4.79 Å². The van der Waals surface area contributed by atoms with Gasteiger partial charge in [0.25, 0.3) is 5.91 Å². The third-order valence-corrected chi connectivity index (χ3v) is 3.76. The number of ether oxygens (including phenoxy) is 1. The summed E-state index contributed by atoms with van der Waals surface area (Å²) in [5.74, 6) is 0.0675. The van der Waals surface area contributed by atoms with Gasteiger partial charge in [0, 0.05) is 32.1 Å². The highest BCUT2D eigenvalue weighted by Gasteiger charge is 2.15. The van der Waals surface area contributed by atoms with Gasteiger partial charge in [-0.1, -0.05) is 30.3 Å². The minimum Gasteiger partial charge on any atom is -0.495 e. The molecule has 0 heterocycles. The van der Waals surface area contributed by atoms with Crippen LogP contribution in [0.5, 0.6) is 5.75 Å². The van der Waals surface area contributed by atoms with Crippen molar-refractivity contribution in [2.45, 2.75) is 12.5 Å². The van der Waals surface area contributed by atoms with E-state index in [0.29, 0.717) is 17.0 Å². The molecule has 3 N–H and O–H groups in total. The molecule has 0 fully saturated rings. The smallest absolute Gasteiger partial charge is 0.253 e. The van der Waals surface area contributed by atoms with Gasteiger partial charge in [-0.2, -0.15) is 0 Å². The van der Waals surface area contributed by atoms with Gasteiger partial charge in [-0.05, 0) is 23.8 Å². The van der Waals surface area contributed by atoms with Crippen molar-refractivity contribution in [1.29, 1.82) is 0 Å². The van der Waals surface area contributed by atoms with Crippen molar-refractivity contribution in [2.24, 2.45) is 5.73 Å². The van der Waals surface area contributed by atoms with E-state index in [2.05, 4.69) is 5.32 Å². The number of anilines is 1. The Bertz CT molecular complexity index is 751. The summed E-state index contributed by atoms with van der Waals surface area (Å²) in [7, 11) is 4.84. The maximum atomic E-state index is 12.3. The van der Waals surface area contributed by atoms with Crippen LogP contribution in [0.2, 0.25) is 0 Å². The van der Waals surface area contributed by atoms with Gasteiger partial charge in [-0.3, -0.25) is 9.59 Å². The van der Waals surface area contributed by atoms with Crippen LogP contribution < -0.4 is 15.8 Å². The maximum absolute atomic E-state index is 12.3. The standard InChI is InChI=1S/C19H23N3O3.ClH/c1-22(2)19(24)14-9-10-16(17(11-14)25-3)21-18(23)12-15(20)13-7-5-4-6-8-13;/h4-11,15H,12,20H2,1-3H3,(H,21,23);1H. The van der Waals surface area contributed by atoms with E-state index in [1.807, 2.05) is 30.3 Å². The molecule has 0 saturated heterocycles. The predicted octanol–water partition coefficient (Wildman–Crippen LogP) is 2.85. The van der Waals surface area contributed by atoms with Crippen molar-refractivity contribution in [3.05, 3.63) is 59.7 Å². The van der Waals surface area contributed by atoms with Crippen molar-refractivity contribution in [1.82, 2.24) is 4.90 Å². The predicted molar refractivity (Wildman–Crippen MR) is 105 cm³/mol. The number of methoxy groups -OCH3 is 1. The van der Waals surface area contributed by atoms with Gasteiger partial charge in [0.1, 0.15) is 5.75 Å². The molecule has 6 nitrogen and oxygen atoms in total. The molecule has 2 rings (SSSR count). The molecule has 1 unspecified atom stereocenters. The summed E-state index contributed by atoms with van der Waals surface area (Å²) in [6.45, 7) is 0. The van der Waals surface area contributed by atoms with Gasteiger partial charge in [-0.15, -0.1) is 12.4 Å². The van der Waals surface area contributed by atoms with Crippen LogP contribution >= 0.6 is 12.4 Å². The second-order valence-electron chi connectivity index (χ2n) is 5.88. The van der Waals surface area contributed by atoms with Crippen LogP contribution in [0.15, 0.2) is 48.5 Å². The highest BCUT2D eigenvalue weighted by molar-refractivity contribution is 5.97. The Labute approximate surface area is 159 Å². The number of nitrogens with zero attached hydrogens (tertiary/aromatic N) is 1. The fraction of sp³-hybridized carbons (Fsp3) is 0.263. The third kappa shape index (κ3) is 5.47. The van der Waals surface area contributed by atoms with Crippen molar-refractivity contribution in [3.8, 4) is 5.75 Å². The molecule has 140 valence electrons. The van der Waals surface area contributed by atoms with Gasteiger partial charge in [0.05, 0.1) is 12.8 Å². The molecule has 0 radical (unpaired) electrons. The number of halogens is 1. The van der Waals surface area contributed by atoms with Crippen LogP contribution in [0, 0.1) is 0 Å². The Balaban J connectivity index is 0.00000338. The van der Waals surface area contributed by atoms with Crippen LogP contribution in [-0.4, -0.2) is 37.9 Å². The molecule has 0 bridgehead atoms. The summed E-state index contributed by atoms with van der Waals surface area (Å²) < 4.78 is 5.29. The first-order chi connectivity index (χ1) is 11.9. The van der Waals surface area contributed by atoms with Gasteiger partial charge in [0.15, 0.2) is 0 Å². The monoisotopic (exact) mass is 377 g/mol. The van der Waals surface area contributed by atoms with Gasteiger partial charge >= 0.3 is 0 Å². The van der Waals surface area contributed by atoms with E-state index in [-0.39, 0.29) is 36.7 Å². The first-order valence-corrected chi connectivity index (χ1v) is 7.92. The number of nitrogens with two attached hydrogens (primary N) is 1. The number of hydrogen-bond donors (Lipinski definition) is 2. The second kappa shape index (κ2) is 9.79. The van der Waals surface area contributed by atoms with E-state index in [1.165, 1.54) is 12.0 Å². The highest BCUT2D eigenvalue weighted by atomic mass is 35.5. The summed E-state index contributed by atoms with van der Waals surface area (Å²) in [4.78, 5) is 25.8. The summed E-state index contributed by atoms with van der Waals surface area (Å²) in [6.07, 6.45) is 0.144. The van der Waals surface area contributed by atoms with Crippen molar-refractivity contribution >= 4 is 29.9 Å². The topological polar surface area (TPSA) is 84.7 Å². The number of amides is 2. The highest BCUT2D eigenvalue weighted by Crippen LogP contribution is 2.26. The lowest BCUT2D eigenvalue weighted by molar-refractivity contribution is -0.116. The SMILES string of the molecule is COc1cc(C(=O)N(C)C)ccc1NC(=O)CC(N)c1ccccc1.Cl. The summed E-state index contributed by atoms with van der Waals surface area (Å²) >= 11 is 0. The minimum atomic E-state index is -0.387. The first kappa shape index (κ1) is 21.5. The lowest BCUT2D eigenvalue weighted by Gasteiger charge is -2.15. The average molecular weight is 378 g/mol. The average Bonchev–Trinajstić information content (AvgIpc) is 2.61. The summed E-state index contributed by atoms with van der Waals surface area (Å²) in [6, 6.07) is 14.0. The normalized spacial score (nSPS) is 11.1.